The van der Waals surface area contributed by atoms with E-state index in [0.29, 0.717) is 13.0 Å². The number of piperidine rings is 1. The predicted octanol–water partition coefficient (Wildman–Crippen LogP) is 3.22. The molecular formula is C14H16F3NO2. The Balaban J connectivity index is 2.05. The van der Waals surface area contributed by atoms with Crippen molar-refractivity contribution >= 4 is 5.97 Å². The van der Waals surface area contributed by atoms with Gasteiger partial charge >= 0.3 is 12.1 Å². The van der Waals surface area contributed by atoms with Crippen LogP contribution in [0.15, 0.2) is 24.3 Å². The molecule has 1 aliphatic rings. The van der Waals surface area contributed by atoms with Crippen molar-refractivity contribution in [3.63, 3.8) is 0 Å². The zero-order valence-electron chi connectivity index (χ0n) is 10.8. The molecular weight excluding hydrogens is 271 g/mol. The first-order valence-electron chi connectivity index (χ1n) is 6.48. The van der Waals surface area contributed by atoms with Gasteiger partial charge in [-0.1, -0.05) is 12.1 Å². The second-order valence-corrected chi connectivity index (χ2v) is 5.11. The summed E-state index contributed by atoms with van der Waals surface area (Å²) < 4.78 is 37.5. The summed E-state index contributed by atoms with van der Waals surface area (Å²) in [4.78, 5) is 10.7. The molecule has 1 aromatic carbocycles. The molecule has 0 amide bonds. The minimum absolute atomic E-state index is 0.0704. The quantitative estimate of drug-likeness (QED) is 0.897. The molecule has 1 saturated heterocycles. The van der Waals surface area contributed by atoms with Crippen LogP contribution >= 0.6 is 0 Å². The van der Waals surface area contributed by atoms with Gasteiger partial charge in [-0.05, 0) is 43.0 Å². The van der Waals surface area contributed by atoms with E-state index in [1.165, 1.54) is 12.1 Å². The monoisotopic (exact) mass is 287 g/mol. The van der Waals surface area contributed by atoms with E-state index < -0.39 is 17.7 Å². The van der Waals surface area contributed by atoms with Gasteiger partial charge in [-0.3, -0.25) is 4.79 Å². The number of benzene rings is 1. The average Bonchev–Trinajstić information content (AvgIpc) is 2.37. The van der Waals surface area contributed by atoms with Gasteiger partial charge in [-0.25, -0.2) is 0 Å². The molecule has 6 heteroatoms. The number of nitrogens with one attached hydrogen (secondary N) is 1. The molecule has 0 unspecified atom stereocenters. The fourth-order valence-electron chi connectivity index (χ4n) is 2.59. The Morgan fingerprint density at radius 1 is 1.30 bits per heavy atom. The lowest BCUT2D eigenvalue weighted by Gasteiger charge is -2.30. The van der Waals surface area contributed by atoms with Gasteiger partial charge in [0.1, 0.15) is 0 Å². The van der Waals surface area contributed by atoms with Gasteiger partial charge < -0.3 is 10.4 Å². The largest absolute Gasteiger partial charge is 0.481 e. The second kappa shape index (κ2) is 5.83. The van der Waals surface area contributed by atoms with Crippen molar-refractivity contribution in [2.75, 3.05) is 6.54 Å². The molecule has 0 aromatic heterocycles. The molecule has 1 aliphatic heterocycles. The summed E-state index contributed by atoms with van der Waals surface area (Å²) in [5.74, 6) is -0.760. The molecule has 1 heterocycles. The second-order valence-electron chi connectivity index (χ2n) is 5.11. The van der Waals surface area contributed by atoms with E-state index in [9.17, 15) is 18.0 Å². The molecule has 1 aromatic rings. The van der Waals surface area contributed by atoms with E-state index in [1.807, 2.05) is 0 Å². The normalized spacial score (nSPS) is 23.6. The molecule has 0 saturated carbocycles. The van der Waals surface area contributed by atoms with E-state index in [2.05, 4.69) is 5.32 Å². The maximum atomic E-state index is 12.5. The number of aliphatic carboxylic acids is 1. The van der Waals surface area contributed by atoms with Gasteiger partial charge in [-0.2, -0.15) is 13.2 Å². The number of hydrogen-bond acceptors (Lipinski definition) is 2. The summed E-state index contributed by atoms with van der Waals surface area (Å²) in [6.07, 6.45) is -2.80. The highest BCUT2D eigenvalue weighted by molar-refractivity contribution is 5.67. The van der Waals surface area contributed by atoms with Crippen molar-refractivity contribution in [2.45, 2.75) is 31.5 Å². The van der Waals surface area contributed by atoms with Crippen LogP contribution in [0.3, 0.4) is 0 Å². The highest BCUT2D eigenvalue weighted by atomic mass is 19.4. The Labute approximate surface area is 114 Å². The third-order valence-corrected chi connectivity index (χ3v) is 3.62. The SMILES string of the molecule is O=C(O)C[C@@H]1CCN[C@@H](c2ccc(C(F)(F)F)cc2)C1. The third-order valence-electron chi connectivity index (χ3n) is 3.62. The standard InChI is InChI=1S/C14H16F3NO2/c15-14(16,17)11-3-1-10(2-4-11)12-7-9(5-6-18-12)8-13(19)20/h1-4,9,12,18H,5-8H2,(H,19,20)/t9-,12-/m1/s1. The number of halogens is 3. The van der Waals surface area contributed by atoms with Crippen LogP contribution in [-0.4, -0.2) is 17.6 Å². The average molecular weight is 287 g/mol. The summed E-state index contributed by atoms with van der Waals surface area (Å²) in [7, 11) is 0. The van der Waals surface area contributed by atoms with Gasteiger partial charge in [0.25, 0.3) is 0 Å². The molecule has 3 nitrogen and oxygen atoms in total. The van der Waals surface area contributed by atoms with E-state index in [1.54, 1.807) is 0 Å². The zero-order chi connectivity index (χ0) is 14.8. The fraction of sp³-hybridized carbons (Fsp3) is 0.500. The van der Waals surface area contributed by atoms with Crippen molar-refractivity contribution < 1.29 is 23.1 Å². The highest BCUT2D eigenvalue weighted by Crippen LogP contribution is 2.32. The van der Waals surface area contributed by atoms with Crippen molar-refractivity contribution in [2.24, 2.45) is 5.92 Å². The maximum Gasteiger partial charge on any atom is 0.416 e. The number of carboxylic acid groups (broad SMARTS) is 1. The molecule has 0 bridgehead atoms. The Morgan fingerprint density at radius 2 is 1.95 bits per heavy atom. The van der Waals surface area contributed by atoms with Crippen LogP contribution < -0.4 is 5.32 Å². The van der Waals surface area contributed by atoms with Crippen LogP contribution in [0.1, 0.15) is 36.4 Å². The predicted molar refractivity (Wildman–Crippen MR) is 67.2 cm³/mol. The lowest BCUT2D eigenvalue weighted by atomic mass is 9.86. The molecule has 0 spiro atoms. The van der Waals surface area contributed by atoms with Gasteiger partial charge in [0.05, 0.1) is 5.56 Å². The van der Waals surface area contributed by atoms with Crippen LogP contribution in [0.4, 0.5) is 13.2 Å². The lowest BCUT2D eigenvalue weighted by Crippen LogP contribution is -2.32. The summed E-state index contributed by atoms with van der Waals surface area (Å²) in [5.41, 5.74) is 0.104. The molecule has 20 heavy (non-hydrogen) atoms. The summed E-state index contributed by atoms with van der Waals surface area (Å²) >= 11 is 0. The van der Waals surface area contributed by atoms with Crippen molar-refractivity contribution in [3.05, 3.63) is 35.4 Å². The van der Waals surface area contributed by atoms with E-state index >= 15 is 0 Å². The minimum Gasteiger partial charge on any atom is -0.481 e. The zero-order valence-corrected chi connectivity index (χ0v) is 10.8. The number of rotatable bonds is 3. The molecule has 0 aliphatic carbocycles. The van der Waals surface area contributed by atoms with E-state index in [4.69, 9.17) is 5.11 Å². The topological polar surface area (TPSA) is 49.3 Å². The first kappa shape index (κ1) is 14.8. The van der Waals surface area contributed by atoms with Crippen molar-refractivity contribution in [1.29, 1.82) is 0 Å². The summed E-state index contributed by atoms with van der Waals surface area (Å²) in [6, 6.07) is 4.98. The number of carboxylic acids is 1. The number of carbonyl (C=O) groups is 1. The first-order valence-corrected chi connectivity index (χ1v) is 6.48. The fourth-order valence-corrected chi connectivity index (χ4v) is 2.59. The molecule has 0 radical (unpaired) electrons. The van der Waals surface area contributed by atoms with Gasteiger partial charge in [0, 0.05) is 12.5 Å². The Hall–Kier alpha value is -1.56. The molecule has 110 valence electrons. The van der Waals surface area contributed by atoms with Crippen LogP contribution in [-0.2, 0) is 11.0 Å². The smallest absolute Gasteiger partial charge is 0.416 e. The van der Waals surface area contributed by atoms with Gasteiger partial charge in [-0.15, -0.1) is 0 Å². The highest BCUT2D eigenvalue weighted by Gasteiger charge is 2.31. The molecule has 1 fully saturated rings. The van der Waals surface area contributed by atoms with E-state index in [-0.39, 0.29) is 18.4 Å². The summed E-state index contributed by atoms with van der Waals surface area (Å²) in [5, 5.41) is 12.0. The molecule has 2 rings (SSSR count). The lowest BCUT2D eigenvalue weighted by molar-refractivity contribution is -0.139. The Morgan fingerprint density at radius 3 is 2.50 bits per heavy atom. The van der Waals surface area contributed by atoms with Gasteiger partial charge in [0.2, 0.25) is 0 Å². The third kappa shape index (κ3) is 3.72. The maximum absolute atomic E-state index is 12.5. The Bertz CT molecular complexity index is 470. The molecule has 2 N–H and O–H groups in total. The Kier molecular flexibility index (Phi) is 4.32. The minimum atomic E-state index is -4.33. The van der Waals surface area contributed by atoms with Crippen molar-refractivity contribution in [1.82, 2.24) is 5.32 Å². The number of alkyl halides is 3. The first-order chi connectivity index (χ1) is 9.36. The van der Waals surface area contributed by atoms with Crippen LogP contribution in [0.25, 0.3) is 0 Å². The summed E-state index contributed by atoms with van der Waals surface area (Å²) in [6.45, 7) is 0.684. The van der Waals surface area contributed by atoms with Gasteiger partial charge in [0.15, 0.2) is 0 Å². The van der Waals surface area contributed by atoms with Crippen LogP contribution in [0.5, 0.6) is 0 Å². The molecule has 2 atom stereocenters. The number of hydrogen-bond donors (Lipinski definition) is 2. The van der Waals surface area contributed by atoms with Crippen molar-refractivity contribution in [3.8, 4) is 0 Å². The van der Waals surface area contributed by atoms with Crippen LogP contribution in [0, 0.1) is 5.92 Å². The van der Waals surface area contributed by atoms with E-state index in [0.717, 1.165) is 24.1 Å². The van der Waals surface area contributed by atoms with Crippen LogP contribution in [0.2, 0.25) is 0 Å².